The van der Waals surface area contributed by atoms with Crippen LogP contribution in [0.4, 0.5) is 18.6 Å². The van der Waals surface area contributed by atoms with E-state index in [1.807, 2.05) is 0 Å². The molecule has 1 aliphatic heterocycles. The number of urea groups is 1. The molecule has 1 aromatic carbocycles. The van der Waals surface area contributed by atoms with Crippen molar-refractivity contribution < 1.29 is 28.2 Å². The number of nitrogens with zero attached hydrogens (tertiary/aromatic N) is 2. The first-order chi connectivity index (χ1) is 16.7. The molecule has 192 valence electrons. The lowest BCUT2D eigenvalue weighted by molar-refractivity contribution is -0.187. The summed E-state index contributed by atoms with van der Waals surface area (Å²) in [4.78, 5) is 26.4. The lowest BCUT2D eigenvalue weighted by atomic mass is 10.1. The molecule has 0 saturated carbocycles. The second-order valence-electron chi connectivity index (χ2n) is 8.58. The summed E-state index contributed by atoms with van der Waals surface area (Å²) in [6.45, 7) is 4.65. The molecule has 1 fully saturated rings. The van der Waals surface area contributed by atoms with Crippen LogP contribution in [-0.2, 0) is 6.11 Å². The highest BCUT2D eigenvalue weighted by Crippen LogP contribution is 2.37. The number of carbonyl (C=O) groups is 2. The smallest absolute Gasteiger partial charge is 0.409 e. The van der Waals surface area contributed by atoms with Gasteiger partial charge in [-0.2, -0.15) is 13.2 Å². The number of nitrogens with two attached hydrogens (primary N) is 1. The number of aliphatic hydroxyl groups excluding tert-OH is 1. The summed E-state index contributed by atoms with van der Waals surface area (Å²) in [5.74, 6) is -1.73. The molecule has 35 heavy (non-hydrogen) atoms. The van der Waals surface area contributed by atoms with Gasteiger partial charge in [0.1, 0.15) is 10.6 Å². The minimum atomic E-state index is -3.76. The Bertz CT molecular complexity index is 996. The number of benzene rings is 1. The molecular formula is C23H31F2N5O4S. The number of anilines is 1. The summed E-state index contributed by atoms with van der Waals surface area (Å²) in [6, 6.07) is 4.78. The van der Waals surface area contributed by atoms with Crippen LogP contribution < -0.4 is 21.1 Å². The third-order valence-electron chi connectivity index (χ3n) is 5.66. The molecule has 0 aliphatic carbocycles. The minimum Gasteiger partial charge on any atom is -0.409 e. The maximum absolute atomic E-state index is 14.6. The Morgan fingerprint density at radius 1 is 1.26 bits per heavy atom. The van der Waals surface area contributed by atoms with E-state index in [2.05, 4.69) is 19.9 Å². The summed E-state index contributed by atoms with van der Waals surface area (Å²) in [5, 5.41) is 15.1. The number of primary amides is 1. The van der Waals surface area contributed by atoms with E-state index >= 15 is 0 Å². The number of nitrogens with one attached hydrogen (secondary N) is 2. The molecule has 1 saturated heterocycles. The molecule has 5 N–H and O–H groups in total. The molecule has 12 heteroatoms. The fraction of sp³-hybridized carbons (Fsp3) is 0.522. The number of rotatable bonds is 11. The number of carbonyl (C=O) groups excluding carboxylic acids is 2. The first-order valence-electron chi connectivity index (χ1n) is 11.5. The summed E-state index contributed by atoms with van der Waals surface area (Å²) >= 11 is 0.608. The summed E-state index contributed by atoms with van der Waals surface area (Å²) < 4.78 is 37.6. The zero-order chi connectivity index (χ0) is 25.4. The van der Waals surface area contributed by atoms with Crippen molar-refractivity contribution in [1.29, 1.82) is 0 Å². The van der Waals surface area contributed by atoms with Crippen molar-refractivity contribution in [2.75, 3.05) is 31.5 Å². The number of likely N-dealkylation sites (tertiary alicyclic amines) is 1. The molecule has 0 radical (unpaired) electrons. The predicted octanol–water partition coefficient (Wildman–Crippen LogP) is 3.43. The monoisotopic (exact) mass is 511 g/mol. The van der Waals surface area contributed by atoms with Crippen molar-refractivity contribution >= 4 is 28.5 Å². The number of amides is 3. The molecule has 3 amide bonds. The molecule has 2 heterocycles. The minimum absolute atomic E-state index is 0.102. The Balaban J connectivity index is 1.51. The van der Waals surface area contributed by atoms with Crippen LogP contribution in [0.3, 0.4) is 0 Å². The van der Waals surface area contributed by atoms with Gasteiger partial charge in [-0.1, -0.05) is 24.1 Å². The van der Waals surface area contributed by atoms with Gasteiger partial charge in [-0.25, -0.2) is 4.79 Å². The molecule has 9 nitrogen and oxygen atoms in total. The van der Waals surface area contributed by atoms with Crippen molar-refractivity contribution in [3.8, 4) is 5.88 Å². The molecule has 1 unspecified atom stereocenters. The molecular weight excluding hydrogens is 480 g/mol. The van der Waals surface area contributed by atoms with Gasteiger partial charge in [0.2, 0.25) is 5.88 Å². The van der Waals surface area contributed by atoms with Crippen LogP contribution >= 0.6 is 11.5 Å². The SMILES string of the molecule is Cc1ccc(C(F)(F)Oc2nsc(NC(=O)NCCCC(O)CN3CCCCC3)c2C(N)=O)cc1. The van der Waals surface area contributed by atoms with E-state index in [0.717, 1.165) is 31.5 Å². The van der Waals surface area contributed by atoms with E-state index < -0.39 is 41.2 Å². The maximum Gasteiger partial charge on any atom is 0.427 e. The Morgan fingerprint density at radius 3 is 2.60 bits per heavy atom. The number of alkyl halides is 2. The van der Waals surface area contributed by atoms with Gasteiger partial charge in [0.25, 0.3) is 5.91 Å². The lowest BCUT2D eigenvalue weighted by Gasteiger charge is -2.28. The van der Waals surface area contributed by atoms with E-state index in [1.54, 1.807) is 6.92 Å². The number of hydrogen-bond acceptors (Lipinski definition) is 7. The van der Waals surface area contributed by atoms with Crippen molar-refractivity contribution in [3.05, 3.63) is 41.0 Å². The number of β-amino-alcohol motifs (C(OH)–C–C–N with tert-alkyl or cyclic N) is 1. The molecule has 3 rings (SSSR count). The number of aryl methyl sites for hydroxylation is 1. The van der Waals surface area contributed by atoms with Crippen molar-refractivity contribution in [3.63, 3.8) is 0 Å². The second kappa shape index (κ2) is 12.2. The number of aliphatic hydroxyl groups is 1. The standard InChI is InChI=1S/C23H31F2N5O4S/c1-15-7-9-16(10-8-15)23(24,25)34-20-18(19(26)32)21(35-29-20)28-22(33)27-11-5-6-17(31)14-30-12-3-2-4-13-30/h7-10,17,31H,2-6,11-14H2,1H3,(H2,26,32)(H2,27,28,33). The zero-order valence-electron chi connectivity index (χ0n) is 19.6. The lowest BCUT2D eigenvalue weighted by Crippen LogP contribution is -2.37. The van der Waals surface area contributed by atoms with Crippen LogP contribution in [0.2, 0.25) is 0 Å². The fourth-order valence-corrected chi connectivity index (χ4v) is 4.51. The third kappa shape index (κ3) is 7.84. The van der Waals surface area contributed by atoms with E-state index in [4.69, 9.17) is 10.5 Å². The number of halogens is 2. The van der Waals surface area contributed by atoms with Gasteiger partial charge in [-0.3, -0.25) is 10.1 Å². The van der Waals surface area contributed by atoms with Crippen LogP contribution in [0.5, 0.6) is 5.88 Å². The van der Waals surface area contributed by atoms with Crippen LogP contribution in [0, 0.1) is 6.92 Å². The van der Waals surface area contributed by atoms with Crippen LogP contribution in [0.1, 0.15) is 53.6 Å². The molecule has 2 aromatic rings. The first-order valence-corrected chi connectivity index (χ1v) is 12.3. The molecule has 0 spiro atoms. The van der Waals surface area contributed by atoms with Crippen molar-refractivity contribution in [2.45, 2.75) is 51.2 Å². The molecule has 0 bridgehead atoms. The highest BCUT2D eigenvalue weighted by molar-refractivity contribution is 7.11. The Hall–Kier alpha value is -2.83. The normalized spacial score (nSPS) is 15.4. The summed E-state index contributed by atoms with van der Waals surface area (Å²) in [5.41, 5.74) is 5.29. The van der Waals surface area contributed by atoms with Crippen LogP contribution in [0.15, 0.2) is 24.3 Å². The van der Waals surface area contributed by atoms with Gasteiger partial charge in [-0.05, 0) is 69.4 Å². The number of piperidine rings is 1. The summed E-state index contributed by atoms with van der Waals surface area (Å²) in [7, 11) is 0. The Morgan fingerprint density at radius 2 is 1.94 bits per heavy atom. The quantitative estimate of drug-likeness (QED) is 0.342. The zero-order valence-corrected chi connectivity index (χ0v) is 20.4. The first kappa shape index (κ1) is 26.8. The average Bonchev–Trinajstić information content (AvgIpc) is 3.19. The fourth-order valence-electron chi connectivity index (χ4n) is 3.79. The molecule has 1 aliphatic rings. The third-order valence-corrected chi connectivity index (χ3v) is 6.41. The highest BCUT2D eigenvalue weighted by atomic mass is 32.1. The Labute approximate surface area is 206 Å². The predicted molar refractivity (Wildman–Crippen MR) is 129 cm³/mol. The Kier molecular flexibility index (Phi) is 9.35. The number of ether oxygens (including phenoxy) is 1. The molecule has 1 aromatic heterocycles. The van der Waals surface area contributed by atoms with Gasteiger partial charge in [-0.15, -0.1) is 0 Å². The number of aromatic nitrogens is 1. The molecule has 1 atom stereocenters. The van der Waals surface area contributed by atoms with Crippen LogP contribution in [0.25, 0.3) is 0 Å². The van der Waals surface area contributed by atoms with E-state index in [-0.39, 0.29) is 11.5 Å². The van der Waals surface area contributed by atoms with E-state index in [1.165, 1.54) is 30.7 Å². The van der Waals surface area contributed by atoms with Gasteiger partial charge in [0.15, 0.2) is 0 Å². The topological polar surface area (TPSA) is 130 Å². The van der Waals surface area contributed by atoms with Gasteiger partial charge < -0.3 is 25.8 Å². The average molecular weight is 512 g/mol. The number of hydrogen-bond donors (Lipinski definition) is 4. The summed E-state index contributed by atoms with van der Waals surface area (Å²) in [6.07, 6.45) is 0.356. The second-order valence-corrected chi connectivity index (χ2v) is 9.35. The maximum atomic E-state index is 14.6. The van der Waals surface area contributed by atoms with Gasteiger partial charge in [0.05, 0.1) is 11.7 Å². The van der Waals surface area contributed by atoms with Crippen molar-refractivity contribution in [2.24, 2.45) is 5.73 Å². The van der Waals surface area contributed by atoms with Gasteiger partial charge in [0, 0.05) is 13.1 Å². The largest absolute Gasteiger partial charge is 0.427 e. The van der Waals surface area contributed by atoms with Crippen molar-refractivity contribution in [1.82, 2.24) is 14.6 Å². The highest BCUT2D eigenvalue weighted by Gasteiger charge is 2.37. The van der Waals surface area contributed by atoms with E-state index in [0.29, 0.717) is 30.9 Å². The van der Waals surface area contributed by atoms with Crippen LogP contribution in [-0.4, -0.2) is 58.6 Å². The van der Waals surface area contributed by atoms with Gasteiger partial charge >= 0.3 is 12.1 Å². The van der Waals surface area contributed by atoms with E-state index in [9.17, 15) is 23.5 Å².